The molecule has 21 heavy (non-hydrogen) atoms. The van der Waals surface area contributed by atoms with Gasteiger partial charge in [0.2, 0.25) is 0 Å². The number of rotatable bonds is 6. The van der Waals surface area contributed by atoms with Crippen LogP contribution in [0.2, 0.25) is 0 Å². The summed E-state index contributed by atoms with van der Waals surface area (Å²) < 4.78 is 9.66. The Balaban J connectivity index is 1.85. The summed E-state index contributed by atoms with van der Waals surface area (Å²) in [6.45, 7) is -0.209. The Kier molecular flexibility index (Phi) is 4.75. The Morgan fingerprint density at radius 3 is 2.90 bits per heavy atom. The maximum Gasteiger partial charge on any atom is 0.341 e. The molecule has 1 heterocycles. The van der Waals surface area contributed by atoms with Crippen LogP contribution in [0.3, 0.4) is 0 Å². The van der Waals surface area contributed by atoms with Crippen molar-refractivity contribution >= 4 is 17.7 Å². The number of urea groups is 1. The van der Waals surface area contributed by atoms with Crippen LogP contribution < -0.4 is 15.4 Å². The summed E-state index contributed by atoms with van der Waals surface area (Å²) in [6.07, 6.45) is 1.41. The second-order valence-electron chi connectivity index (χ2n) is 4.01. The highest BCUT2D eigenvalue weighted by Gasteiger charge is 2.05. The van der Waals surface area contributed by atoms with Gasteiger partial charge in [-0.25, -0.2) is 9.59 Å². The number of ether oxygens (including phenoxy) is 1. The van der Waals surface area contributed by atoms with Crippen molar-refractivity contribution in [3.05, 3.63) is 42.3 Å². The van der Waals surface area contributed by atoms with Gasteiger partial charge in [-0.15, -0.1) is 0 Å². The van der Waals surface area contributed by atoms with Crippen molar-refractivity contribution in [3.8, 4) is 5.75 Å². The summed E-state index contributed by atoms with van der Waals surface area (Å²) in [5, 5.41) is 17.4. The van der Waals surface area contributed by atoms with Gasteiger partial charge in [-0.3, -0.25) is 0 Å². The van der Waals surface area contributed by atoms with Gasteiger partial charge in [0.15, 0.2) is 6.61 Å². The maximum absolute atomic E-state index is 11.7. The normalized spacial score (nSPS) is 9.90. The third kappa shape index (κ3) is 4.86. The van der Waals surface area contributed by atoms with Gasteiger partial charge in [0, 0.05) is 17.8 Å². The average Bonchev–Trinajstić information content (AvgIpc) is 2.97. The average molecular weight is 291 g/mol. The lowest BCUT2D eigenvalue weighted by Crippen LogP contribution is -2.28. The Morgan fingerprint density at radius 2 is 2.19 bits per heavy atom. The maximum atomic E-state index is 11.7. The molecule has 8 heteroatoms. The lowest BCUT2D eigenvalue weighted by atomic mass is 10.3. The molecule has 0 bridgehead atoms. The van der Waals surface area contributed by atoms with Crippen LogP contribution in [0, 0.1) is 0 Å². The monoisotopic (exact) mass is 291 g/mol. The number of nitrogens with one attached hydrogen (secondary N) is 2. The number of aliphatic carboxylic acids is 1. The third-order valence-electron chi connectivity index (χ3n) is 2.38. The van der Waals surface area contributed by atoms with Gasteiger partial charge in [-0.2, -0.15) is 0 Å². The summed E-state index contributed by atoms with van der Waals surface area (Å²) in [7, 11) is 0. The quantitative estimate of drug-likeness (QED) is 0.742. The number of carbonyl (C=O) groups excluding carboxylic acids is 1. The largest absolute Gasteiger partial charge is 0.482 e. The Bertz CT molecular complexity index is 612. The lowest BCUT2D eigenvalue weighted by molar-refractivity contribution is -0.139. The van der Waals surface area contributed by atoms with Crippen LogP contribution in [0.15, 0.2) is 41.1 Å². The van der Waals surface area contributed by atoms with Gasteiger partial charge in [0.25, 0.3) is 0 Å². The first kappa shape index (κ1) is 14.4. The molecule has 8 nitrogen and oxygen atoms in total. The van der Waals surface area contributed by atoms with E-state index < -0.39 is 18.6 Å². The van der Waals surface area contributed by atoms with E-state index in [0.29, 0.717) is 17.1 Å². The number of hydrogen-bond acceptors (Lipinski definition) is 5. The summed E-state index contributed by atoms with van der Waals surface area (Å²) in [6, 6.07) is 7.64. The van der Waals surface area contributed by atoms with Crippen molar-refractivity contribution in [1.82, 2.24) is 10.5 Å². The molecule has 0 fully saturated rings. The van der Waals surface area contributed by atoms with E-state index in [1.54, 1.807) is 24.3 Å². The Hall–Kier alpha value is -3.03. The highest BCUT2D eigenvalue weighted by molar-refractivity contribution is 5.89. The molecule has 0 saturated heterocycles. The number of anilines is 1. The van der Waals surface area contributed by atoms with Crippen LogP contribution in [-0.4, -0.2) is 28.9 Å². The molecule has 0 atom stereocenters. The van der Waals surface area contributed by atoms with Crippen molar-refractivity contribution in [2.24, 2.45) is 0 Å². The Morgan fingerprint density at radius 1 is 1.33 bits per heavy atom. The summed E-state index contributed by atoms with van der Waals surface area (Å²) >= 11 is 0. The van der Waals surface area contributed by atoms with Gasteiger partial charge in [0.1, 0.15) is 17.7 Å². The van der Waals surface area contributed by atoms with Crippen molar-refractivity contribution in [1.29, 1.82) is 0 Å². The number of carboxylic acids is 1. The zero-order chi connectivity index (χ0) is 15.1. The van der Waals surface area contributed by atoms with Crippen LogP contribution in [0.4, 0.5) is 10.5 Å². The molecule has 0 aliphatic carbocycles. The molecule has 3 N–H and O–H groups in total. The van der Waals surface area contributed by atoms with Crippen molar-refractivity contribution in [3.63, 3.8) is 0 Å². The predicted molar refractivity (Wildman–Crippen MR) is 71.9 cm³/mol. The molecule has 1 aromatic heterocycles. The number of nitrogens with zero attached hydrogens (tertiary/aromatic N) is 1. The summed E-state index contributed by atoms with van der Waals surface area (Å²) in [5.41, 5.74) is 1.08. The van der Waals surface area contributed by atoms with E-state index in [9.17, 15) is 9.59 Å². The smallest absolute Gasteiger partial charge is 0.341 e. The number of benzene rings is 1. The second kappa shape index (κ2) is 6.94. The van der Waals surface area contributed by atoms with Gasteiger partial charge in [-0.1, -0.05) is 11.2 Å². The molecule has 2 rings (SSSR count). The van der Waals surface area contributed by atoms with Gasteiger partial charge in [0.05, 0.1) is 6.54 Å². The third-order valence-corrected chi connectivity index (χ3v) is 2.38. The first-order valence-corrected chi connectivity index (χ1v) is 6.02. The molecule has 110 valence electrons. The van der Waals surface area contributed by atoms with Crippen molar-refractivity contribution < 1.29 is 24.0 Å². The molecule has 0 unspecified atom stereocenters. The summed E-state index contributed by atoms with van der Waals surface area (Å²) in [5.74, 6) is -0.717. The lowest BCUT2D eigenvalue weighted by Gasteiger charge is -2.08. The fraction of sp³-hybridized carbons (Fsp3) is 0.154. The minimum Gasteiger partial charge on any atom is -0.482 e. The van der Waals surface area contributed by atoms with Crippen LogP contribution in [-0.2, 0) is 11.3 Å². The minimum atomic E-state index is -1.07. The molecular formula is C13H13N3O5. The molecule has 0 aliphatic heterocycles. The van der Waals surface area contributed by atoms with Crippen molar-refractivity contribution in [2.45, 2.75) is 6.54 Å². The van der Waals surface area contributed by atoms with E-state index in [1.165, 1.54) is 12.3 Å². The van der Waals surface area contributed by atoms with Crippen LogP contribution >= 0.6 is 0 Å². The number of hydrogen-bond donors (Lipinski definition) is 3. The molecule has 2 amide bonds. The first-order valence-electron chi connectivity index (χ1n) is 6.02. The fourth-order valence-corrected chi connectivity index (χ4v) is 1.48. The fourth-order valence-electron chi connectivity index (χ4n) is 1.48. The minimum absolute atomic E-state index is 0.234. The molecule has 2 aromatic rings. The first-order chi connectivity index (χ1) is 10.1. The van der Waals surface area contributed by atoms with Gasteiger partial charge >= 0.3 is 12.0 Å². The SMILES string of the molecule is O=C(O)COc1cccc(NC(=O)NCc2ccon2)c1. The zero-order valence-corrected chi connectivity index (χ0v) is 10.9. The van der Waals surface area contributed by atoms with E-state index in [4.69, 9.17) is 9.84 Å². The van der Waals surface area contributed by atoms with E-state index in [-0.39, 0.29) is 6.54 Å². The van der Waals surface area contributed by atoms with E-state index in [1.807, 2.05) is 0 Å². The molecule has 0 aliphatic rings. The predicted octanol–water partition coefficient (Wildman–Crippen LogP) is 1.46. The molecule has 1 aromatic carbocycles. The molecular weight excluding hydrogens is 278 g/mol. The molecule has 0 radical (unpaired) electrons. The molecule has 0 saturated carbocycles. The van der Waals surface area contributed by atoms with E-state index >= 15 is 0 Å². The van der Waals surface area contributed by atoms with Gasteiger partial charge in [-0.05, 0) is 12.1 Å². The van der Waals surface area contributed by atoms with Crippen LogP contribution in [0.25, 0.3) is 0 Å². The van der Waals surface area contributed by atoms with E-state index in [2.05, 4.69) is 20.3 Å². The number of carboxylic acid groups (broad SMARTS) is 1. The number of carbonyl (C=O) groups is 2. The van der Waals surface area contributed by atoms with Crippen LogP contribution in [0.5, 0.6) is 5.75 Å². The van der Waals surface area contributed by atoms with Gasteiger partial charge < -0.3 is 25.0 Å². The zero-order valence-electron chi connectivity index (χ0n) is 10.9. The highest BCUT2D eigenvalue weighted by atomic mass is 16.5. The van der Waals surface area contributed by atoms with Crippen LogP contribution in [0.1, 0.15) is 5.69 Å². The topological polar surface area (TPSA) is 114 Å². The number of aromatic nitrogens is 1. The Labute approximate surface area is 119 Å². The summed E-state index contributed by atoms with van der Waals surface area (Å²) in [4.78, 5) is 22.1. The van der Waals surface area contributed by atoms with E-state index in [0.717, 1.165) is 0 Å². The highest BCUT2D eigenvalue weighted by Crippen LogP contribution is 2.17. The second-order valence-corrected chi connectivity index (χ2v) is 4.01. The standard InChI is InChI=1S/C13H13N3O5/c17-12(18)8-20-11-3-1-2-9(6-11)15-13(19)14-7-10-4-5-21-16-10/h1-6H,7-8H2,(H,17,18)(H2,14,15,19). The molecule has 0 spiro atoms. The van der Waals surface area contributed by atoms with Crippen molar-refractivity contribution in [2.75, 3.05) is 11.9 Å². The number of amides is 2.